The number of rotatable bonds is 13. The normalized spacial score (nSPS) is 22.3. The highest BCUT2D eigenvalue weighted by Crippen LogP contribution is 2.37. The molecule has 318 valence electrons. The Morgan fingerprint density at radius 2 is 1.78 bits per heavy atom. The number of amides is 3. The Labute approximate surface area is 344 Å². The Bertz CT molecular complexity index is 2480. The first-order chi connectivity index (χ1) is 28.7. The maximum Gasteiger partial charge on any atom is 0.433 e. The van der Waals surface area contributed by atoms with Crippen LogP contribution >= 0.6 is 0 Å². The average Bonchev–Trinajstić information content (AvgIpc) is 3.73. The number of carbonyl (C=O) groups excluding carboxylic acids is 3. The fraction of sp³-hybridized carbons (Fsp3) is 0.488. The van der Waals surface area contributed by atoms with Crippen molar-refractivity contribution in [2.45, 2.75) is 82.2 Å². The number of likely N-dealkylation sites (N-methyl/N-ethyl adjacent to an activating group) is 1. The van der Waals surface area contributed by atoms with Crippen molar-refractivity contribution < 1.29 is 37.0 Å². The minimum Gasteiger partial charge on any atom is -0.494 e. The molecule has 2 N–H and O–H groups in total. The number of methoxy groups -OCH3 is 1. The van der Waals surface area contributed by atoms with E-state index in [4.69, 9.17) is 14.6 Å². The maximum absolute atomic E-state index is 13.3. The number of aryl methyl sites for hydroxylation is 1. The number of anilines is 1. The molecule has 1 atom stereocenters. The van der Waals surface area contributed by atoms with Gasteiger partial charge in [-0.05, 0) is 100 Å². The number of alkyl halides is 3. The second-order valence-corrected chi connectivity index (χ2v) is 16.5. The molecule has 0 spiro atoms. The lowest BCUT2D eigenvalue weighted by molar-refractivity contribution is -0.141. The van der Waals surface area contributed by atoms with Gasteiger partial charge in [-0.25, -0.2) is 9.78 Å². The number of imidazole rings is 1. The van der Waals surface area contributed by atoms with Gasteiger partial charge in [0, 0.05) is 44.2 Å². The zero-order chi connectivity index (χ0) is 42.3. The predicted octanol–water partition coefficient (Wildman–Crippen LogP) is 6.04. The van der Waals surface area contributed by atoms with E-state index in [-0.39, 0.29) is 35.9 Å². The Balaban J connectivity index is 0.781. The summed E-state index contributed by atoms with van der Waals surface area (Å²) >= 11 is 0. The number of fused-ring (bicyclic) bond motifs is 2. The largest absolute Gasteiger partial charge is 0.494 e. The van der Waals surface area contributed by atoms with Crippen molar-refractivity contribution in [3.05, 3.63) is 82.2 Å². The van der Waals surface area contributed by atoms with Crippen LogP contribution < -0.4 is 21.1 Å². The Hall–Kier alpha value is -5.55. The van der Waals surface area contributed by atoms with Gasteiger partial charge in [-0.15, -0.1) is 0 Å². The molecular formula is C43H49F3N8O6. The topological polar surface area (TPSA) is 155 Å². The Morgan fingerprint density at radius 3 is 2.52 bits per heavy atom. The molecule has 2 saturated carbocycles. The fourth-order valence-electron chi connectivity index (χ4n) is 9.13. The van der Waals surface area contributed by atoms with Crippen LogP contribution in [-0.2, 0) is 34.0 Å². The minimum absolute atomic E-state index is 0.206. The summed E-state index contributed by atoms with van der Waals surface area (Å²) in [5.41, 5.74) is 1.87. The minimum atomic E-state index is -4.67. The summed E-state index contributed by atoms with van der Waals surface area (Å²) in [5.74, 6) is -0.191. The number of nitrogens with one attached hydrogen (secondary N) is 2. The van der Waals surface area contributed by atoms with Crippen LogP contribution in [0.15, 0.2) is 59.5 Å². The zero-order valence-corrected chi connectivity index (χ0v) is 33.8. The first-order valence-corrected chi connectivity index (χ1v) is 20.5. The fourth-order valence-corrected chi connectivity index (χ4v) is 9.13. The van der Waals surface area contributed by atoms with Crippen LogP contribution in [0, 0.1) is 11.8 Å². The molecule has 17 heteroatoms. The standard InChI is InChI=1S/C43H49F3N8O6/c1-51(16-17-60-30-19-26(20-30)18-27-6-4-8-34-39(27)52(2)42(58)54(34)35-14-15-38(55)49-41(35)57)23-25-10-12-29(13-11-25)53-24-28-21-33(36(59-3)22-32(28)50-53)48-40(56)31-7-5-9-37(47-31)43(44,45)46/h4-9,21-22,24-26,29-30,35H,10-20,23H2,1-3H3,(H,48,56)(H,49,55,57)/t25-,26-,29-,30-,35?. The third-order valence-corrected chi connectivity index (χ3v) is 12.4. The number of piperidine rings is 1. The molecule has 3 amide bonds. The highest BCUT2D eigenvalue weighted by atomic mass is 19.4. The molecule has 0 bridgehead atoms. The van der Waals surface area contributed by atoms with E-state index in [1.807, 2.05) is 23.0 Å². The van der Waals surface area contributed by atoms with Gasteiger partial charge in [0.25, 0.3) is 5.91 Å². The van der Waals surface area contributed by atoms with E-state index in [1.165, 1.54) is 17.7 Å². The van der Waals surface area contributed by atoms with Crippen LogP contribution in [0.1, 0.15) is 85.2 Å². The van der Waals surface area contributed by atoms with Gasteiger partial charge in [-0.3, -0.25) is 33.5 Å². The third-order valence-electron chi connectivity index (χ3n) is 12.4. The molecule has 8 rings (SSSR count). The van der Waals surface area contributed by atoms with Gasteiger partial charge in [0.1, 0.15) is 23.2 Å². The number of carbonyl (C=O) groups is 3. The van der Waals surface area contributed by atoms with E-state index in [0.29, 0.717) is 47.3 Å². The second-order valence-electron chi connectivity index (χ2n) is 16.5. The number of imide groups is 1. The summed E-state index contributed by atoms with van der Waals surface area (Å²) < 4.78 is 56.4. The van der Waals surface area contributed by atoms with Gasteiger partial charge in [0.15, 0.2) is 0 Å². The van der Waals surface area contributed by atoms with Crippen LogP contribution in [0.5, 0.6) is 5.75 Å². The van der Waals surface area contributed by atoms with Crippen molar-refractivity contribution in [2.75, 3.05) is 39.2 Å². The van der Waals surface area contributed by atoms with Crippen LogP contribution in [0.3, 0.4) is 0 Å². The molecule has 2 aromatic carbocycles. The quantitative estimate of drug-likeness (QED) is 0.135. The first-order valence-electron chi connectivity index (χ1n) is 20.5. The van der Waals surface area contributed by atoms with Crippen molar-refractivity contribution in [3.8, 4) is 5.75 Å². The van der Waals surface area contributed by atoms with Gasteiger partial charge >= 0.3 is 11.9 Å². The van der Waals surface area contributed by atoms with Crippen molar-refractivity contribution >= 4 is 45.3 Å². The molecule has 4 heterocycles. The van der Waals surface area contributed by atoms with E-state index < -0.39 is 29.7 Å². The van der Waals surface area contributed by atoms with Gasteiger partial charge in [-0.1, -0.05) is 18.2 Å². The number of aromatic nitrogens is 5. The zero-order valence-electron chi connectivity index (χ0n) is 33.8. The molecule has 3 fully saturated rings. The number of nitrogens with zero attached hydrogens (tertiary/aromatic N) is 6. The van der Waals surface area contributed by atoms with Crippen LogP contribution in [0.4, 0.5) is 18.9 Å². The van der Waals surface area contributed by atoms with Crippen molar-refractivity contribution in [1.29, 1.82) is 0 Å². The van der Waals surface area contributed by atoms with Gasteiger partial charge in [0.2, 0.25) is 11.8 Å². The maximum atomic E-state index is 13.3. The summed E-state index contributed by atoms with van der Waals surface area (Å²) in [7, 11) is 5.33. The first kappa shape index (κ1) is 41.2. The number of pyridine rings is 1. The third kappa shape index (κ3) is 8.55. The van der Waals surface area contributed by atoms with Gasteiger partial charge in [-0.2, -0.15) is 18.3 Å². The van der Waals surface area contributed by atoms with E-state index in [0.717, 1.165) is 86.6 Å². The molecule has 0 radical (unpaired) electrons. The Kier molecular flexibility index (Phi) is 11.6. The van der Waals surface area contributed by atoms with Crippen molar-refractivity contribution in [3.63, 3.8) is 0 Å². The highest BCUT2D eigenvalue weighted by Gasteiger charge is 2.35. The number of ether oxygens (including phenoxy) is 2. The van der Waals surface area contributed by atoms with E-state index in [9.17, 15) is 32.3 Å². The lowest BCUT2D eigenvalue weighted by atomic mass is 9.78. The number of para-hydroxylation sites is 1. The number of benzene rings is 2. The molecule has 60 heavy (non-hydrogen) atoms. The molecule has 2 aliphatic carbocycles. The van der Waals surface area contributed by atoms with Crippen molar-refractivity contribution in [1.82, 2.24) is 34.1 Å². The summed E-state index contributed by atoms with van der Waals surface area (Å²) in [6, 6.07) is 12.0. The molecule has 3 aromatic heterocycles. The van der Waals surface area contributed by atoms with Crippen LogP contribution in [0.25, 0.3) is 21.9 Å². The lowest BCUT2D eigenvalue weighted by Gasteiger charge is -2.36. The van der Waals surface area contributed by atoms with Gasteiger partial charge in [0.05, 0.1) is 48.1 Å². The van der Waals surface area contributed by atoms with Crippen LogP contribution in [0.2, 0.25) is 0 Å². The molecule has 14 nitrogen and oxygen atoms in total. The smallest absolute Gasteiger partial charge is 0.433 e. The van der Waals surface area contributed by atoms with Crippen molar-refractivity contribution in [2.24, 2.45) is 18.9 Å². The molecule has 1 unspecified atom stereocenters. The predicted molar refractivity (Wildman–Crippen MR) is 217 cm³/mol. The summed E-state index contributed by atoms with van der Waals surface area (Å²) in [4.78, 5) is 56.3. The number of hydrogen-bond donors (Lipinski definition) is 2. The Morgan fingerprint density at radius 1 is 1.02 bits per heavy atom. The molecule has 1 saturated heterocycles. The molecular weight excluding hydrogens is 782 g/mol. The number of hydrogen-bond acceptors (Lipinski definition) is 9. The molecule has 3 aliphatic rings. The average molecular weight is 831 g/mol. The monoisotopic (exact) mass is 830 g/mol. The lowest BCUT2D eigenvalue weighted by Crippen LogP contribution is -2.44. The molecule has 5 aromatic rings. The van der Waals surface area contributed by atoms with Crippen LogP contribution in [-0.4, -0.2) is 86.5 Å². The highest BCUT2D eigenvalue weighted by molar-refractivity contribution is 6.05. The van der Waals surface area contributed by atoms with E-state index in [2.05, 4.69) is 33.6 Å². The summed E-state index contributed by atoms with van der Waals surface area (Å²) in [6.45, 7) is 2.47. The van der Waals surface area contributed by atoms with E-state index in [1.54, 1.807) is 23.7 Å². The van der Waals surface area contributed by atoms with Gasteiger partial charge < -0.3 is 19.7 Å². The summed E-state index contributed by atoms with van der Waals surface area (Å²) in [6.07, 6.45) is 4.77. The number of halogens is 3. The van der Waals surface area contributed by atoms with E-state index >= 15 is 0 Å². The molecule has 1 aliphatic heterocycles. The SMILES string of the molecule is COc1cc2nn([C@H]3CC[C@H](CN(C)CCO[C@H]4C[C@H](Cc5cccc6c5n(C)c(=O)n6C5CCC(=O)NC5=O)C4)CC3)cc2cc1NC(=O)c1cccc(C(F)(F)F)n1. The second kappa shape index (κ2) is 16.8. The summed E-state index contributed by atoms with van der Waals surface area (Å²) in [5, 5.41) is 10.6.